The minimum absolute atomic E-state index is 0.0100. The predicted molar refractivity (Wildman–Crippen MR) is 341 cm³/mol. The Labute approximate surface area is 523 Å². The number of rotatable bonds is 27. The van der Waals surface area contributed by atoms with Gasteiger partial charge < -0.3 is 34.6 Å². The van der Waals surface area contributed by atoms with Gasteiger partial charge >= 0.3 is 0 Å². The van der Waals surface area contributed by atoms with Gasteiger partial charge in [-0.3, -0.25) is 37.1 Å². The van der Waals surface area contributed by atoms with E-state index < -0.39 is 65.2 Å². The van der Waals surface area contributed by atoms with Crippen LogP contribution < -0.4 is 34.6 Å². The third-order valence-corrected chi connectivity index (χ3v) is 23.6. The maximum atomic E-state index is 14.5. The Morgan fingerprint density at radius 3 is 2.01 bits per heavy atom. The van der Waals surface area contributed by atoms with E-state index in [4.69, 9.17) is 18.4 Å². The molecule has 0 spiro atoms. The van der Waals surface area contributed by atoms with Crippen LogP contribution in [0.1, 0.15) is 133 Å². The molecular weight excluding hydrogens is 1200 g/mol. The molecule has 0 aromatic heterocycles. The van der Waals surface area contributed by atoms with Crippen molar-refractivity contribution >= 4 is 94.1 Å². The molecule has 2 unspecified atom stereocenters. The van der Waals surface area contributed by atoms with Crippen LogP contribution in [0, 0.1) is 12.8 Å². The van der Waals surface area contributed by atoms with Gasteiger partial charge in [0.05, 0.1) is 33.4 Å². The largest absolute Gasteiger partial charge is 0.493 e. The summed E-state index contributed by atoms with van der Waals surface area (Å²) in [5, 5.41) is 3.43. The van der Waals surface area contributed by atoms with Crippen molar-refractivity contribution < 1.29 is 68.2 Å². The van der Waals surface area contributed by atoms with Crippen molar-refractivity contribution in [3.05, 3.63) is 141 Å². The Morgan fingerprint density at radius 1 is 0.727 bits per heavy atom. The number of ether oxygens (including phenoxy) is 3. The van der Waals surface area contributed by atoms with Crippen LogP contribution in [0.3, 0.4) is 0 Å². The van der Waals surface area contributed by atoms with Gasteiger partial charge in [-0.2, -0.15) is 16.8 Å². The normalized spacial score (nSPS) is 18.0. The monoisotopic (exact) mass is 1280 g/mol. The number of anilines is 3. The molecule has 470 valence electrons. The summed E-state index contributed by atoms with van der Waals surface area (Å²) in [6, 6.07) is 26.2. The summed E-state index contributed by atoms with van der Waals surface area (Å²) < 4.78 is 80.2. The van der Waals surface area contributed by atoms with Crippen LogP contribution in [0.25, 0.3) is 0 Å². The molecule has 6 atom stereocenters. The van der Waals surface area contributed by atoms with Gasteiger partial charge in [-0.15, -0.1) is 0 Å². The fraction of sp³-hybridized carbons (Fsp3) is 0.446. The SMILES string of the molecule is CCC(=O)C(CCSSC(C)(C)CCC(=O)N[C@@H](C)C(=O)C[C@@H](C)C(=O)Nc1cc(COc2cc3c(cc2C)C(=O)N2c4ccccc4C[C@H]2C(S(=O)(=O)OC)C3)cc(COc2cc3c(cc2OC)C(=O)N2c4ccccc4C[C@H]2CC3)c1)S(=O)(=O)OC. The average Bonchev–Trinajstić information content (AvgIpc) is 1.96. The summed E-state index contributed by atoms with van der Waals surface area (Å²) in [4.78, 5) is 85.4. The first kappa shape index (κ1) is 65.7. The Hall–Kier alpha value is -6.76. The van der Waals surface area contributed by atoms with Gasteiger partial charge in [-0.1, -0.05) is 71.8 Å². The fourth-order valence-corrected chi connectivity index (χ4v) is 17.2. The third-order valence-electron chi connectivity index (χ3n) is 16.9. The van der Waals surface area contributed by atoms with E-state index in [2.05, 4.69) is 20.9 Å². The van der Waals surface area contributed by atoms with E-state index in [-0.39, 0.29) is 74.9 Å². The smallest absolute Gasteiger partial charge is 0.277 e. The van der Waals surface area contributed by atoms with E-state index in [0.717, 1.165) is 49.4 Å². The zero-order valence-corrected chi connectivity index (χ0v) is 54.2. The van der Waals surface area contributed by atoms with Crippen LogP contribution in [0.2, 0.25) is 0 Å². The van der Waals surface area contributed by atoms with Gasteiger partial charge in [-0.05, 0) is 166 Å². The quantitative estimate of drug-likeness (QED) is 0.0282. The van der Waals surface area contributed by atoms with Crippen molar-refractivity contribution in [2.75, 3.05) is 42.2 Å². The Balaban J connectivity index is 0.895. The van der Waals surface area contributed by atoms with Gasteiger partial charge in [0.15, 0.2) is 23.1 Å². The summed E-state index contributed by atoms with van der Waals surface area (Å²) in [7, 11) is -1.60. The van der Waals surface area contributed by atoms with Crippen LogP contribution >= 0.6 is 21.6 Å². The first-order valence-electron chi connectivity index (χ1n) is 29.5. The van der Waals surface area contributed by atoms with E-state index in [1.165, 1.54) is 28.7 Å². The van der Waals surface area contributed by atoms with E-state index in [9.17, 15) is 45.6 Å². The molecule has 19 nitrogen and oxygen atoms in total. The highest BCUT2D eigenvalue weighted by molar-refractivity contribution is 8.77. The lowest BCUT2D eigenvalue weighted by atomic mass is 9.97. The number of ketones is 2. The number of amides is 4. The molecule has 4 amide bonds. The maximum absolute atomic E-state index is 14.5. The molecule has 0 bridgehead atoms. The number of nitrogens with one attached hydrogen (secondary N) is 2. The lowest BCUT2D eigenvalue weighted by Crippen LogP contribution is -2.47. The lowest BCUT2D eigenvalue weighted by Gasteiger charge is -2.28. The van der Waals surface area contributed by atoms with Gasteiger partial charge in [0.2, 0.25) is 11.8 Å². The summed E-state index contributed by atoms with van der Waals surface area (Å²) in [5.41, 5.74) is 8.03. The standard InChI is InChI=1S/C65H76N4O15S4/c1-10-54(70)59(87(76,77)81-8)22-24-85-86-65(5,6)23-21-61(72)66-40(4)55(71)26-39(3)62(73)67-47-28-41(27-42(29-47)37-84-58-32-43-19-20-48-30-44-15-11-13-17-51(44)68(48)63(74)50(43)35-57(58)80-7)36-83-56-33-46-34-60(88(78,79)82-9)53-31-45-16-12-14-18-52(45)69(53)64(75)49(46)25-38(56)2/h11-18,25,27-29,32-33,35,39-40,48,53,59-60H,10,19-24,26,30-31,34,36-37H2,1-9H3,(H,66,72)(H,67,73)/t39-,40+,48-,53+,59?,60?/m1/s1. The number of nitrogens with zero attached hydrogens (tertiary/aromatic N) is 2. The van der Waals surface area contributed by atoms with Gasteiger partial charge in [0.25, 0.3) is 32.1 Å². The number of hydrogen-bond acceptors (Lipinski definition) is 17. The van der Waals surface area contributed by atoms with Crippen LogP contribution in [0.15, 0.2) is 91.0 Å². The van der Waals surface area contributed by atoms with Crippen LogP contribution in [0.4, 0.5) is 17.1 Å². The molecule has 23 heteroatoms. The molecule has 2 N–H and O–H groups in total. The first-order chi connectivity index (χ1) is 41.8. The van der Waals surface area contributed by atoms with E-state index >= 15 is 0 Å². The number of para-hydroxylation sites is 2. The maximum Gasteiger partial charge on any atom is 0.277 e. The van der Waals surface area contributed by atoms with Crippen LogP contribution in [-0.4, -0.2) is 112 Å². The number of carbonyl (C=O) groups is 6. The number of methoxy groups -OCH3 is 1. The zero-order chi connectivity index (χ0) is 63.4. The minimum atomic E-state index is -4.14. The van der Waals surface area contributed by atoms with Crippen LogP contribution in [0.5, 0.6) is 17.2 Å². The zero-order valence-electron chi connectivity index (χ0n) is 51.0. The highest BCUT2D eigenvalue weighted by atomic mass is 33.1. The number of aryl methyl sites for hydroxylation is 2. The summed E-state index contributed by atoms with van der Waals surface area (Å²) in [5.74, 6) is -1.28. The molecule has 5 aromatic carbocycles. The summed E-state index contributed by atoms with van der Waals surface area (Å²) in [6.45, 7) is 10.4. The topological polar surface area (TPSA) is 247 Å². The first-order valence-corrected chi connectivity index (χ1v) is 34.7. The number of carbonyl (C=O) groups excluding carboxylic acids is 6. The number of hydrogen-bond donors (Lipinski definition) is 2. The Kier molecular flexibility index (Phi) is 20.6. The minimum Gasteiger partial charge on any atom is -0.493 e. The predicted octanol–water partition coefficient (Wildman–Crippen LogP) is 9.84. The molecule has 0 saturated heterocycles. The average molecular weight is 1280 g/mol. The van der Waals surface area contributed by atoms with Crippen molar-refractivity contribution in [2.45, 2.75) is 152 Å². The second kappa shape index (κ2) is 27.5. The van der Waals surface area contributed by atoms with Crippen molar-refractivity contribution in [1.82, 2.24) is 5.32 Å². The molecule has 4 aliphatic heterocycles. The van der Waals surface area contributed by atoms with E-state index in [1.54, 1.807) is 56.0 Å². The van der Waals surface area contributed by atoms with Gasteiger partial charge in [0, 0.05) is 69.9 Å². The van der Waals surface area contributed by atoms with Gasteiger partial charge in [-0.25, -0.2) is 0 Å². The Morgan fingerprint density at radius 2 is 1.35 bits per heavy atom. The van der Waals surface area contributed by atoms with Crippen molar-refractivity contribution in [2.24, 2.45) is 5.92 Å². The molecule has 9 rings (SSSR count). The molecular formula is C65H76N4O15S4. The van der Waals surface area contributed by atoms with Crippen molar-refractivity contribution in [1.29, 1.82) is 0 Å². The second-order valence-electron chi connectivity index (χ2n) is 23.5. The van der Waals surface area contributed by atoms with Gasteiger partial charge in [0.1, 0.15) is 29.5 Å². The molecule has 0 fully saturated rings. The number of fused-ring (bicyclic) bond motifs is 8. The molecule has 0 radical (unpaired) electrons. The van der Waals surface area contributed by atoms with E-state index in [1.807, 2.05) is 80.3 Å². The van der Waals surface area contributed by atoms with Crippen molar-refractivity contribution in [3.63, 3.8) is 0 Å². The fourth-order valence-electron chi connectivity index (χ4n) is 12.0. The summed E-state index contributed by atoms with van der Waals surface area (Å²) >= 11 is 0. The lowest BCUT2D eigenvalue weighted by molar-refractivity contribution is -0.129. The van der Waals surface area contributed by atoms with E-state index in [0.29, 0.717) is 87.0 Å². The number of Topliss-reactive ketones (excluding diaryl/α,β-unsaturated/α-hetero) is 2. The third kappa shape index (κ3) is 14.6. The highest BCUT2D eigenvalue weighted by Gasteiger charge is 2.48. The highest BCUT2D eigenvalue weighted by Crippen LogP contribution is 2.44. The number of benzene rings is 5. The molecule has 4 aliphatic rings. The van der Waals surface area contributed by atoms with Crippen molar-refractivity contribution in [3.8, 4) is 17.2 Å². The summed E-state index contributed by atoms with van der Waals surface area (Å²) in [6.07, 6.45) is 3.00. The molecule has 0 aliphatic carbocycles. The Bertz CT molecular complexity index is 3760. The van der Waals surface area contributed by atoms with Crippen LogP contribution in [-0.2, 0) is 86.7 Å². The molecule has 5 aromatic rings. The molecule has 88 heavy (non-hydrogen) atoms. The second-order valence-corrected chi connectivity index (χ2v) is 30.4. The molecule has 0 saturated carbocycles. The molecule has 4 heterocycles.